The van der Waals surface area contributed by atoms with Gasteiger partial charge in [-0.2, -0.15) is 18.4 Å². The van der Waals surface area contributed by atoms with Crippen LogP contribution >= 0.6 is 0 Å². The summed E-state index contributed by atoms with van der Waals surface area (Å²) < 4.78 is 61.5. The number of aliphatic hydroxyl groups is 1. The van der Waals surface area contributed by atoms with E-state index < -0.39 is 35.9 Å². The van der Waals surface area contributed by atoms with E-state index in [1.165, 1.54) is 39.3 Å². The topological polar surface area (TPSA) is 81.9 Å². The molecule has 9 heteroatoms. The molecule has 0 radical (unpaired) electrons. The van der Waals surface area contributed by atoms with Crippen molar-refractivity contribution in [2.24, 2.45) is 0 Å². The van der Waals surface area contributed by atoms with Gasteiger partial charge in [0.25, 0.3) is 0 Å². The molecule has 0 amide bonds. The zero-order valence-corrected chi connectivity index (χ0v) is 17.1. The molecule has 1 unspecified atom stereocenters. The number of fused-ring (bicyclic) bond motifs is 1. The molecule has 0 aliphatic rings. The fraction of sp³-hybridized carbons (Fsp3) is 0.364. The lowest BCUT2D eigenvalue weighted by Gasteiger charge is -2.38. The SMILES string of the molecule is COc1ccc(F)cc1C(C)(C)CC(O)(Cc1nc(C#N)cc2cc[nH]c12)C(F)(F)F. The Labute approximate surface area is 176 Å². The standard InChI is InChI=1S/C22H21F4N3O2/c1-20(2,16-9-14(23)4-5-18(16)31-3)12-21(30,22(24,25)26)10-17-19-13(6-7-28-19)8-15(11-27)29-17/h4-9,28,30H,10,12H2,1-3H3. The largest absolute Gasteiger partial charge is 0.496 e. The van der Waals surface area contributed by atoms with Crippen molar-refractivity contribution >= 4 is 10.9 Å². The summed E-state index contributed by atoms with van der Waals surface area (Å²) in [6, 6.07) is 8.46. The highest BCUT2D eigenvalue weighted by molar-refractivity contribution is 5.82. The minimum absolute atomic E-state index is 0.0577. The number of alkyl halides is 3. The van der Waals surface area contributed by atoms with Gasteiger partial charge in [-0.05, 0) is 42.2 Å². The van der Waals surface area contributed by atoms with Gasteiger partial charge in [-0.15, -0.1) is 0 Å². The Hall–Kier alpha value is -3.12. The number of nitrogens with zero attached hydrogens (tertiary/aromatic N) is 2. The number of halogens is 4. The zero-order chi connectivity index (χ0) is 23.0. The van der Waals surface area contributed by atoms with Crippen molar-refractivity contribution in [2.75, 3.05) is 7.11 Å². The van der Waals surface area contributed by atoms with Crippen LogP contribution in [0, 0.1) is 17.1 Å². The molecule has 0 bridgehead atoms. The summed E-state index contributed by atoms with van der Waals surface area (Å²) in [5.74, 6) is -0.414. The quantitative estimate of drug-likeness (QED) is 0.546. The molecule has 0 spiro atoms. The molecule has 2 N–H and O–H groups in total. The number of hydrogen-bond donors (Lipinski definition) is 2. The lowest BCUT2D eigenvalue weighted by Crippen LogP contribution is -2.51. The van der Waals surface area contributed by atoms with Gasteiger partial charge in [0.1, 0.15) is 23.3 Å². The summed E-state index contributed by atoms with van der Waals surface area (Å²) in [5, 5.41) is 20.6. The third kappa shape index (κ3) is 4.35. The number of H-pyrrole nitrogens is 1. The molecule has 2 heterocycles. The van der Waals surface area contributed by atoms with Crippen molar-refractivity contribution < 1.29 is 27.4 Å². The maximum Gasteiger partial charge on any atom is 0.417 e. The molecule has 0 aliphatic heterocycles. The van der Waals surface area contributed by atoms with E-state index in [4.69, 9.17) is 4.74 Å². The van der Waals surface area contributed by atoms with Gasteiger partial charge in [0.15, 0.2) is 5.60 Å². The van der Waals surface area contributed by atoms with E-state index in [1.807, 2.05) is 6.07 Å². The van der Waals surface area contributed by atoms with Crippen molar-refractivity contribution in [1.82, 2.24) is 9.97 Å². The summed E-state index contributed by atoms with van der Waals surface area (Å²) in [7, 11) is 1.34. The maximum absolute atomic E-state index is 14.1. The molecule has 2 aromatic heterocycles. The second kappa shape index (κ2) is 7.85. The lowest BCUT2D eigenvalue weighted by atomic mass is 9.73. The molecule has 3 rings (SSSR count). The molecule has 5 nitrogen and oxygen atoms in total. The molecule has 164 valence electrons. The van der Waals surface area contributed by atoms with Crippen LogP contribution in [0.15, 0.2) is 36.5 Å². The molecule has 0 fully saturated rings. The Kier molecular flexibility index (Phi) is 5.72. The summed E-state index contributed by atoms with van der Waals surface area (Å²) in [6.45, 7) is 2.95. The summed E-state index contributed by atoms with van der Waals surface area (Å²) >= 11 is 0. The number of nitriles is 1. The van der Waals surface area contributed by atoms with E-state index in [2.05, 4.69) is 9.97 Å². The number of aromatic amines is 1. The predicted molar refractivity (Wildman–Crippen MR) is 106 cm³/mol. The molecular weight excluding hydrogens is 414 g/mol. The monoisotopic (exact) mass is 435 g/mol. The van der Waals surface area contributed by atoms with E-state index in [0.717, 1.165) is 12.1 Å². The molecule has 31 heavy (non-hydrogen) atoms. The van der Waals surface area contributed by atoms with Gasteiger partial charge in [-0.25, -0.2) is 9.37 Å². The number of pyridine rings is 1. The average molecular weight is 435 g/mol. The van der Waals surface area contributed by atoms with E-state index in [1.54, 1.807) is 6.07 Å². The van der Waals surface area contributed by atoms with Crippen molar-refractivity contribution in [2.45, 2.75) is 43.9 Å². The second-order valence-corrected chi connectivity index (χ2v) is 8.12. The van der Waals surface area contributed by atoms with Crippen molar-refractivity contribution in [1.29, 1.82) is 5.26 Å². The number of benzene rings is 1. The summed E-state index contributed by atoms with van der Waals surface area (Å²) in [6.07, 6.45) is -5.17. The third-order valence-electron chi connectivity index (χ3n) is 5.34. The second-order valence-electron chi connectivity index (χ2n) is 8.12. The van der Waals surface area contributed by atoms with Crippen LogP contribution in [0.3, 0.4) is 0 Å². The first-order valence-electron chi connectivity index (χ1n) is 9.40. The van der Waals surface area contributed by atoms with Crippen molar-refractivity contribution in [3.63, 3.8) is 0 Å². The Balaban J connectivity index is 2.08. The highest BCUT2D eigenvalue weighted by Crippen LogP contribution is 2.45. The number of nitrogens with one attached hydrogen (secondary N) is 1. The molecular formula is C22H21F4N3O2. The fourth-order valence-electron chi connectivity index (χ4n) is 3.89. The number of ether oxygens (including phenoxy) is 1. The van der Waals surface area contributed by atoms with E-state index in [0.29, 0.717) is 10.9 Å². The molecule has 1 aromatic carbocycles. The Bertz CT molecular complexity index is 1150. The highest BCUT2D eigenvalue weighted by atomic mass is 19.4. The Morgan fingerprint density at radius 3 is 2.52 bits per heavy atom. The molecule has 0 saturated carbocycles. The highest BCUT2D eigenvalue weighted by Gasteiger charge is 2.56. The molecule has 0 aliphatic carbocycles. The number of rotatable bonds is 6. The van der Waals surface area contributed by atoms with Gasteiger partial charge < -0.3 is 14.8 Å². The predicted octanol–water partition coefficient (Wildman–Crippen LogP) is 4.79. The minimum atomic E-state index is -5.02. The van der Waals surface area contributed by atoms with Crippen LogP contribution < -0.4 is 4.74 Å². The molecule has 0 saturated heterocycles. The summed E-state index contributed by atoms with van der Waals surface area (Å²) in [4.78, 5) is 6.82. The van der Waals surface area contributed by atoms with Gasteiger partial charge in [-0.1, -0.05) is 13.8 Å². The Morgan fingerprint density at radius 2 is 1.90 bits per heavy atom. The van der Waals surface area contributed by atoms with E-state index in [-0.39, 0.29) is 22.7 Å². The van der Waals surface area contributed by atoms with Crippen LogP contribution in [0.2, 0.25) is 0 Å². The maximum atomic E-state index is 14.1. The number of hydrogen-bond acceptors (Lipinski definition) is 4. The first-order valence-corrected chi connectivity index (χ1v) is 9.40. The normalized spacial score (nSPS) is 14.3. The fourth-order valence-corrected chi connectivity index (χ4v) is 3.89. The molecule has 3 aromatic rings. The van der Waals surface area contributed by atoms with E-state index >= 15 is 0 Å². The third-order valence-corrected chi connectivity index (χ3v) is 5.34. The Morgan fingerprint density at radius 1 is 1.19 bits per heavy atom. The van der Waals surface area contributed by atoms with Crippen LogP contribution in [0.1, 0.15) is 37.2 Å². The summed E-state index contributed by atoms with van der Waals surface area (Å²) in [5.41, 5.74) is -4.16. The van der Waals surface area contributed by atoms with Crippen molar-refractivity contribution in [3.05, 3.63) is 59.3 Å². The molecule has 1 atom stereocenters. The van der Waals surface area contributed by atoms with Crippen LogP contribution in [0.5, 0.6) is 5.75 Å². The smallest absolute Gasteiger partial charge is 0.417 e. The minimum Gasteiger partial charge on any atom is -0.496 e. The van der Waals surface area contributed by atoms with Crippen LogP contribution in [-0.2, 0) is 11.8 Å². The first-order chi connectivity index (χ1) is 14.4. The van der Waals surface area contributed by atoms with Gasteiger partial charge in [0.2, 0.25) is 0 Å². The average Bonchev–Trinajstić information content (AvgIpc) is 3.15. The van der Waals surface area contributed by atoms with Gasteiger partial charge in [0.05, 0.1) is 18.3 Å². The van der Waals surface area contributed by atoms with Crippen LogP contribution in [0.25, 0.3) is 10.9 Å². The van der Waals surface area contributed by atoms with E-state index in [9.17, 15) is 27.9 Å². The van der Waals surface area contributed by atoms with Gasteiger partial charge in [0, 0.05) is 23.6 Å². The first kappa shape index (κ1) is 22.6. The lowest BCUT2D eigenvalue weighted by molar-refractivity contribution is -0.266. The number of aromatic nitrogens is 2. The number of methoxy groups -OCH3 is 1. The van der Waals surface area contributed by atoms with Gasteiger partial charge in [-0.3, -0.25) is 0 Å². The van der Waals surface area contributed by atoms with Crippen LogP contribution in [-0.4, -0.2) is 34.0 Å². The van der Waals surface area contributed by atoms with Crippen molar-refractivity contribution in [3.8, 4) is 11.8 Å². The van der Waals surface area contributed by atoms with Gasteiger partial charge >= 0.3 is 6.18 Å². The zero-order valence-electron chi connectivity index (χ0n) is 17.1. The van der Waals surface area contributed by atoms with Crippen LogP contribution in [0.4, 0.5) is 17.6 Å².